The van der Waals surface area contributed by atoms with Crippen LogP contribution >= 0.6 is 11.6 Å². The van der Waals surface area contributed by atoms with Crippen molar-refractivity contribution in [3.05, 3.63) is 52.2 Å². The van der Waals surface area contributed by atoms with Crippen molar-refractivity contribution >= 4 is 28.3 Å². The van der Waals surface area contributed by atoms with Crippen LogP contribution in [0, 0.1) is 0 Å². The van der Waals surface area contributed by atoms with Gasteiger partial charge in [-0.05, 0) is 24.3 Å². The number of hydrogen-bond donors (Lipinski definition) is 1. The first kappa shape index (κ1) is 11.2. The number of fused-ring (bicyclic) bond motifs is 3. The Bertz CT molecular complexity index is 985. The number of aromatic amines is 1. The van der Waals surface area contributed by atoms with Gasteiger partial charge in [0.15, 0.2) is 5.82 Å². The van der Waals surface area contributed by atoms with Crippen LogP contribution in [0.3, 0.4) is 0 Å². The fraction of sp³-hybridized carbons (Fsp3) is 0. The van der Waals surface area contributed by atoms with E-state index in [0.29, 0.717) is 27.4 Å². The number of H-pyrrole nitrogens is 1. The van der Waals surface area contributed by atoms with Crippen LogP contribution in [-0.4, -0.2) is 19.6 Å². The van der Waals surface area contributed by atoms with Crippen LogP contribution in [0.1, 0.15) is 0 Å². The topological polar surface area (TPSA) is 76.2 Å². The normalized spacial score (nSPS) is 11.4. The molecule has 3 heterocycles. The lowest BCUT2D eigenvalue weighted by Gasteiger charge is -2.00. The molecule has 0 saturated heterocycles. The fourth-order valence-corrected chi connectivity index (χ4v) is 2.27. The second-order valence-electron chi connectivity index (χ2n) is 4.30. The number of halogens is 1. The quantitative estimate of drug-likeness (QED) is 0.583. The Labute approximate surface area is 116 Å². The smallest absolute Gasteiger partial charge is 0.293 e. The van der Waals surface area contributed by atoms with Crippen LogP contribution in [0.4, 0.5) is 0 Å². The lowest BCUT2D eigenvalue weighted by molar-refractivity contribution is 0.568. The molecule has 98 valence electrons. The number of benzene rings is 1. The van der Waals surface area contributed by atoms with Crippen molar-refractivity contribution in [2.45, 2.75) is 0 Å². The molecule has 1 N–H and O–H groups in total. The molecule has 1 aromatic carbocycles. The molecule has 0 fully saturated rings. The highest BCUT2D eigenvalue weighted by atomic mass is 35.5. The number of rotatable bonds is 1. The average Bonchev–Trinajstić information content (AvgIpc) is 3.08. The summed E-state index contributed by atoms with van der Waals surface area (Å²) in [6.07, 6.45) is 3.05. The zero-order valence-corrected chi connectivity index (χ0v) is 10.8. The Morgan fingerprint density at radius 2 is 2.20 bits per heavy atom. The van der Waals surface area contributed by atoms with Crippen LogP contribution in [0.15, 0.2) is 46.0 Å². The minimum absolute atomic E-state index is 0.218. The van der Waals surface area contributed by atoms with Crippen LogP contribution < -0.4 is 5.56 Å². The van der Waals surface area contributed by atoms with Gasteiger partial charge >= 0.3 is 0 Å². The molecule has 0 aliphatic rings. The molecule has 0 unspecified atom stereocenters. The third-order valence-corrected chi connectivity index (χ3v) is 3.26. The van der Waals surface area contributed by atoms with E-state index in [2.05, 4.69) is 15.1 Å². The highest BCUT2D eigenvalue weighted by Crippen LogP contribution is 2.20. The van der Waals surface area contributed by atoms with Gasteiger partial charge in [0, 0.05) is 5.02 Å². The van der Waals surface area contributed by atoms with Crippen molar-refractivity contribution in [2.75, 3.05) is 0 Å². The van der Waals surface area contributed by atoms with Crippen LogP contribution in [0.25, 0.3) is 28.1 Å². The zero-order valence-electron chi connectivity index (χ0n) is 10.0. The lowest BCUT2D eigenvalue weighted by atomic mass is 10.3. The summed E-state index contributed by atoms with van der Waals surface area (Å²) in [5.74, 6) is 0.428. The maximum atomic E-state index is 12.0. The number of nitrogens with one attached hydrogen (secondary N) is 1. The number of furan rings is 1. The number of aromatic nitrogens is 4. The molecule has 0 bridgehead atoms. The highest BCUT2D eigenvalue weighted by molar-refractivity contribution is 6.31. The van der Waals surface area contributed by atoms with E-state index in [-0.39, 0.29) is 11.2 Å². The lowest BCUT2D eigenvalue weighted by Crippen LogP contribution is -2.11. The van der Waals surface area contributed by atoms with Crippen molar-refractivity contribution in [1.82, 2.24) is 19.6 Å². The summed E-state index contributed by atoms with van der Waals surface area (Å²) >= 11 is 6.00. The van der Waals surface area contributed by atoms with Crippen LogP contribution in [0.5, 0.6) is 0 Å². The van der Waals surface area contributed by atoms with E-state index < -0.39 is 0 Å². The number of hydrogen-bond acceptors (Lipinski definition) is 4. The molecule has 0 spiro atoms. The number of nitrogens with zero attached hydrogens (tertiary/aromatic N) is 3. The maximum Gasteiger partial charge on any atom is 0.293 e. The molecule has 0 amide bonds. The largest absolute Gasteiger partial charge is 0.472 e. The van der Waals surface area contributed by atoms with Gasteiger partial charge < -0.3 is 9.40 Å². The molecule has 6 nitrogen and oxygen atoms in total. The van der Waals surface area contributed by atoms with Crippen molar-refractivity contribution < 1.29 is 4.42 Å². The Hall–Kier alpha value is -2.60. The molecule has 7 heteroatoms. The van der Waals surface area contributed by atoms with E-state index in [0.717, 1.165) is 0 Å². The summed E-state index contributed by atoms with van der Waals surface area (Å²) in [6.45, 7) is 0. The van der Waals surface area contributed by atoms with Crippen molar-refractivity contribution in [3.63, 3.8) is 0 Å². The van der Waals surface area contributed by atoms with Crippen molar-refractivity contribution in [2.24, 2.45) is 0 Å². The second kappa shape index (κ2) is 3.94. The van der Waals surface area contributed by atoms with Crippen LogP contribution in [-0.2, 0) is 0 Å². The summed E-state index contributed by atoms with van der Waals surface area (Å²) < 4.78 is 6.49. The molecule has 3 aromatic heterocycles. The van der Waals surface area contributed by atoms with Crippen molar-refractivity contribution in [1.29, 1.82) is 0 Å². The summed E-state index contributed by atoms with van der Waals surface area (Å²) in [6, 6.07) is 6.91. The molecule has 0 aliphatic heterocycles. The average molecular weight is 287 g/mol. The highest BCUT2D eigenvalue weighted by Gasteiger charge is 2.13. The second-order valence-corrected chi connectivity index (χ2v) is 4.73. The summed E-state index contributed by atoms with van der Waals surface area (Å²) in [4.78, 5) is 19.0. The van der Waals surface area contributed by atoms with Gasteiger partial charge in [0.1, 0.15) is 6.26 Å². The molecule has 4 rings (SSSR count). The van der Waals surface area contributed by atoms with E-state index in [4.69, 9.17) is 16.0 Å². The maximum absolute atomic E-state index is 12.0. The monoisotopic (exact) mass is 286 g/mol. The Kier molecular flexibility index (Phi) is 2.22. The zero-order chi connectivity index (χ0) is 13.7. The first-order valence-electron chi connectivity index (χ1n) is 5.83. The third-order valence-electron chi connectivity index (χ3n) is 3.03. The minimum Gasteiger partial charge on any atom is -0.472 e. The third kappa shape index (κ3) is 1.55. The van der Waals surface area contributed by atoms with Gasteiger partial charge in [-0.3, -0.25) is 4.79 Å². The molecule has 0 saturated carbocycles. The Morgan fingerprint density at radius 1 is 1.30 bits per heavy atom. The molecule has 0 aliphatic carbocycles. The van der Waals surface area contributed by atoms with Gasteiger partial charge in [0.25, 0.3) is 5.56 Å². The molecule has 0 radical (unpaired) electrons. The van der Waals surface area contributed by atoms with Gasteiger partial charge in [0.2, 0.25) is 5.65 Å². The fourth-order valence-electron chi connectivity index (χ4n) is 2.10. The standard InChI is InChI=1S/C13H7ClN4O2/c14-8-1-2-9-10(5-8)18-12(13(19)15-9)16-11(17-18)7-3-4-20-6-7/h1-6H,(H,15,19). The minimum atomic E-state index is -0.304. The van der Waals surface area contributed by atoms with E-state index in [1.54, 1.807) is 24.3 Å². The Morgan fingerprint density at radius 3 is 3.00 bits per heavy atom. The van der Waals surface area contributed by atoms with Gasteiger partial charge in [-0.15, -0.1) is 5.10 Å². The van der Waals surface area contributed by atoms with Gasteiger partial charge in [-0.2, -0.15) is 0 Å². The summed E-state index contributed by atoms with van der Waals surface area (Å²) in [5, 5.41) is 4.91. The Balaban J connectivity index is 2.15. The first-order valence-corrected chi connectivity index (χ1v) is 6.21. The van der Waals surface area contributed by atoms with Gasteiger partial charge in [0.05, 0.1) is 22.9 Å². The molecule has 0 atom stereocenters. The van der Waals surface area contributed by atoms with E-state index in [9.17, 15) is 4.79 Å². The SMILES string of the molecule is O=c1[nH]c2ccc(Cl)cc2n2nc(-c3ccoc3)nc12. The first-order chi connectivity index (χ1) is 9.72. The predicted octanol–water partition coefficient (Wildman–Crippen LogP) is 2.48. The summed E-state index contributed by atoms with van der Waals surface area (Å²) in [7, 11) is 0. The molecule has 4 aromatic rings. The van der Waals surface area contributed by atoms with Crippen LogP contribution in [0.2, 0.25) is 5.02 Å². The molecular weight excluding hydrogens is 280 g/mol. The van der Waals surface area contributed by atoms with Crippen molar-refractivity contribution in [3.8, 4) is 11.4 Å². The van der Waals surface area contributed by atoms with Gasteiger partial charge in [-0.1, -0.05) is 11.6 Å². The van der Waals surface area contributed by atoms with E-state index in [1.807, 2.05) is 0 Å². The summed E-state index contributed by atoms with van der Waals surface area (Å²) in [5.41, 5.74) is 1.96. The van der Waals surface area contributed by atoms with E-state index in [1.165, 1.54) is 17.0 Å². The predicted molar refractivity (Wildman–Crippen MR) is 73.8 cm³/mol. The van der Waals surface area contributed by atoms with Gasteiger partial charge in [-0.25, -0.2) is 9.50 Å². The van der Waals surface area contributed by atoms with E-state index >= 15 is 0 Å². The molecular formula is C13H7ClN4O2. The molecule has 20 heavy (non-hydrogen) atoms.